The second-order valence-electron chi connectivity index (χ2n) is 5.24. The fraction of sp³-hybridized carbons (Fsp3) is 0.833. The van der Waals surface area contributed by atoms with Gasteiger partial charge in [0, 0.05) is 6.54 Å². The Hall–Kier alpha value is -1.10. The first-order valence-corrected chi connectivity index (χ1v) is 6.16. The Morgan fingerprint density at radius 2 is 2.00 bits per heavy atom. The van der Waals surface area contributed by atoms with Gasteiger partial charge >= 0.3 is 5.97 Å². The number of carbonyl (C=O) groups excluding carboxylic acids is 2. The van der Waals surface area contributed by atoms with Crippen molar-refractivity contribution in [3.8, 4) is 0 Å². The van der Waals surface area contributed by atoms with Gasteiger partial charge in [-0.25, -0.2) is 4.79 Å². The number of amides is 1. The molecule has 2 atom stereocenters. The van der Waals surface area contributed by atoms with E-state index in [1.807, 2.05) is 0 Å². The Morgan fingerprint density at radius 1 is 1.35 bits per heavy atom. The molecule has 0 aromatic carbocycles. The molecule has 0 radical (unpaired) electrons. The summed E-state index contributed by atoms with van der Waals surface area (Å²) in [6, 6.07) is -0.436. The monoisotopic (exact) mass is 240 g/mol. The zero-order valence-electron chi connectivity index (χ0n) is 10.4. The van der Waals surface area contributed by atoms with Gasteiger partial charge in [-0.15, -0.1) is 0 Å². The minimum absolute atomic E-state index is 0.104. The van der Waals surface area contributed by atoms with Crippen molar-refractivity contribution >= 4 is 11.9 Å². The summed E-state index contributed by atoms with van der Waals surface area (Å²) in [7, 11) is 1.35. The van der Waals surface area contributed by atoms with Crippen molar-refractivity contribution in [2.24, 2.45) is 11.7 Å². The van der Waals surface area contributed by atoms with Crippen LogP contribution in [0.4, 0.5) is 0 Å². The van der Waals surface area contributed by atoms with Crippen LogP contribution in [0.1, 0.15) is 32.6 Å². The SMILES string of the molecule is COC(=O)C1CCCN1C(=O)C(C)(N)C1CC1. The molecule has 17 heavy (non-hydrogen) atoms. The van der Waals surface area contributed by atoms with Gasteiger partial charge in [-0.1, -0.05) is 0 Å². The Labute approximate surface area is 101 Å². The van der Waals surface area contributed by atoms with E-state index in [4.69, 9.17) is 10.5 Å². The van der Waals surface area contributed by atoms with E-state index in [2.05, 4.69) is 0 Å². The third-order valence-electron chi connectivity index (χ3n) is 3.87. The maximum absolute atomic E-state index is 12.4. The molecule has 2 unspecified atom stereocenters. The van der Waals surface area contributed by atoms with Gasteiger partial charge in [0.15, 0.2) is 0 Å². The molecule has 2 rings (SSSR count). The van der Waals surface area contributed by atoms with Crippen LogP contribution in [0.5, 0.6) is 0 Å². The van der Waals surface area contributed by atoms with Gasteiger partial charge < -0.3 is 15.4 Å². The molecule has 0 bridgehead atoms. The lowest BCUT2D eigenvalue weighted by Crippen LogP contribution is -2.57. The molecule has 5 nitrogen and oxygen atoms in total. The standard InChI is InChI=1S/C12H20N2O3/c1-12(13,8-5-6-8)11(16)14-7-3-4-9(14)10(15)17-2/h8-9H,3-7,13H2,1-2H3. The number of nitrogens with two attached hydrogens (primary N) is 1. The summed E-state index contributed by atoms with van der Waals surface area (Å²) in [5.41, 5.74) is 5.28. The van der Waals surface area contributed by atoms with E-state index < -0.39 is 11.6 Å². The van der Waals surface area contributed by atoms with Crippen molar-refractivity contribution in [1.29, 1.82) is 0 Å². The molecule has 1 saturated heterocycles. The number of nitrogens with zero attached hydrogens (tertiary/aromatic N) is 1. The number of hydrogen-bond donors (Lipinski definition) is 1. The van der Waals surface area contributed by atoms with E-state index in [9.17, 15) is 9.59 Å². The first-order valence-electron chi connectivity index (χ1n) is 6.16. The highest BCUT2D eigenvalue weighted by atomic mass is 16.5. The van der Waals surface area contributed by atoms with Crippen LogP contribution in [0.15, 0.2) is 0 Å². The molecular formula is C12H20N2O3. The second-order valence-corrected chi connectivity index (χ2v) is 5.24. The maximum atomic E-state index is 12.4. The Balaban J connectivity index is 2.10. The highest BCUT2D eigenvalue weighted by Gasteiger charge is 2.49. The van der Waals surface area contributed by atoms with Crippen LogP contribution in [-0.2, 0) is 14.3 Å². The number of rotatable bonds is 3. The lowest BCUT2D eigenvalue weighted by molar-refractivity contribution is -0.153. The average molecular weight is 240 g/mol. The van der Waals surface area contributed by atoms with E-state index in [-0.39, 0.29) is 17.8 Å². The van der Waals surface area contributed by atoms with Gasteiger partial charge in [0.1, 0.15) is 6.04 Å². The first-order chi connectivity index (χ1) is 7.98. The number of hydrogen-bond acceptors (Lipinski definition) is 4. The molecule has 2 aliphatic rings. The Morgan fingerprint density at radius 3 is 2.53 bits per heavy atom. The van der Waals surface area contributed by atoms with Crippen molar-refractivity contribution in [1.82, 2.24) is 4.90 Å². The zero-order chi connectivity index (χ0) is 12.6. The number of methoxy groups -OCH3 is 1. The second kappa shape index (κ2) is 4.29. The summed E-state index contributed by atoms with van der Waals surface area (Å²) < 4.78 is 4.73. The normalized spacial score (nSPS) is 27.7. The highest BCUT2D eigenvalue weighted by molar-refractivity contribution is 5.91. The highest BCUT2D eigenvalue weighted by Crippen LogP contribution is 2.39. The summed E-state index contributed by atoms with van der Waals surface area (Å²) in [6.07, 6.45) is 3.54. The molecule has 1 aliphatic heterocycles. The molecule has 1 saturated carbocycles. The molecule has 2 N–H and O–H groups in total. The maximum Gasteiger partial charge on any atom is 0.328 e. The molecule has 1 heterocycles. The minimum Gasteiger partial charge on any atom is -0.467 e. The average Bonchev–Trinajstić information content (AvgIpc) is 3.06. The number of carbonyl (C=O) groups is 2. The summed E-state index contributed by atoms with van der Waals surface area (Å²) in [5.74, 6) is -0.163. The lowest BCUT2D eigenvalue weighted by atomic mass is 9.95. The number of ether oxygens (including phenoxy) is 1. The minimum atomic E-state index is -0.823. The van der Waals surface area contributed by atoms with Crippen molar-refractivity contribution in [2.45, 2.75) is 44.2 Å². The van der Waals surface area contributed by atoms with Crippen molar-refractivity contribution in [2.75, 3.05) is 13.7 Å². The molecular weight excluding hydrogens is 220 g/mol. The third kappa shape index (κ3) is 2.16. The quantitative estimate of drug-likeness (QED) is 0.719. The Bertz CT molecular complexity index is 337. The fourth-order valence-corrected chi connectivity index (χ4v) is 2.56. The summed E-state index contributed by atoms with van der Waals surface area (Å²) >= 11 is 0. The van der Waals surface area contributed by atoms with E-state index in [1.165, 1.54) is 7.11 Å². The summed E-state index contributed by atoms with van der Waals surface area (Å²) in [6.45, 7) is 2.39. The smallest absolute Gasteiger partial charge is 0.328 e. The van der Waals surface area contributed by atoms with Crippen LogP contribution >= 0.6 is 0 Å². The van der Waals surface area contributed by atoms with Gasteiger partial charge in [0.25, 0.3) is 0 Å². The van der Waals surface area contributed by atoms with Crippen molar-refractivity contribution in [3.05, 3.63) is 0 Å². The molecule has 96 valence electrons. The van der Waals surface area contributed by atoms with Crippen LogP contribution in [0.2, 0.25) is 0 Å². The van der Waals surface area contributed by atoms with Crippen LogP contribution in [0, 0.1) is 5.92 Å². The van der Waals surface area contributed by atoms with E-state index in [1.54, 1.807) is 11.8 Å². The predicted octanol–water partition coefficient (Wildman–Crippen LogP) is 0.278. The van der Waals surface area contributed by atoms with Crippen LogP contribution < -0.4 is 5.73 Å². The Kier molecular flexibility index (Phi) is 3.12. The van der Waals surface area contributed by atoms with Gasteiger partial charge in [0.05, 0.1) is 12.6 Å². The zero-order valence-corrected chi connectivity index (χ0v) is 10.4. The summed E-state index contributed by atoms with van der Waals surface area (Å²) in [4.78, 5) is 25.6. The third-order valence-corrected chi connectivity index (χ3v) is 3.87. The number of likely N-dealkylation sites (tertiary alicyclic amines) is 1. The molecule has 5 heteroatoms. The fourth-order valence-electron chi connectivity index (χ4n) is 2.56. The van der Waals surface area contributed by atoms with Crippen LogP contribution in [0.3, 0.4) is 0 Å². The van der Waals surface area contributed by atoms with Gasteiger partial charge in [-0.05, 0) is 38.5 Å². The number of esters is 1. The molecule has 0 aromatic rings. The molecule has 2 fully saturated rings. The van der Waals surface area contributed by atoms with Crippen molar-refractivity contribution < 1.29 is 14.3 Å². The van der Waals surface area contributed by atoms with E-state index in [0.717, 1.165) is 19.3 Å². The molecule has 1 aliphatic carbocycles. The predicted molar refractivity (Wildman–Crippen MR) is 62.1 cm³/mol. The largest absolute Gasteiger partial charge is 0.467 e. The topological polar surface area (TPSA) is 72.6 Å². The van der Waals surface area contributed by atoms with Crippen LogP contribution in [-0.4, -0.2) is 42.0 Å². The van der Waals surface area contributed by atoms with Gasteiger partial charge in [0.2, 0.25) is 5.91 Å². The van der Waals surface area contributed by atoms with E-state index >= 15 is 0 Å². The van der Waals surface area contributed by atoms with Gasteiger partial charge in [-0.2, -0.15) is 0 Å². The lowest BCUT2D eigenvalue weighted by Gasteiger charge is -2.32. The molecule has 0 spiro atoms. The van der Waals surface area contributed by atoms with Crippen molar-refractivity contribution in [3.63, 3.8) is 0 Å². The molecule has 0 aromatic heterocycles. The van der Waals surface area contributed by atoms with Gasteiger partial charge in [-0.3, -0.25) is 4.79 Å². The summed E-state index contributed by atoms with van der Waals surface area (Å²) in [5, 5.41) is 0. The first kappa shape index (κ1) is 12.4. The van der Waals surface area contributed by atoms with Crippen LogP contribution in [0.25, 0.3) is 0 Å². The van der Waals surface area contributed by atoms with E-state index in [0.29, 0.717) is 13.0 Å². The molecule has 1 amide bonds.